The number of nitrogens with one attached hydrogen (secondary N) is 1. The average Bonchev–Trinajstić information content (AvgIpc) is 2.93. The third-order valence-corrected chi connectivity index (χ3v) is 3.79. The van der Waals surface area contributed by atoms with Crippen LogP contribution in [0.4, 0.5) is 0 Å². The molecule has 18 heavy (non-hydrogen) atoms. The number of nitrogens with zero attached hydrogens (tertiary/aromatic N) is 1. The average molecular weight is 246 g/mol. The Balaban J connectivity index is 1.84. The topological polar surface area (TPSA) is 45.5 Å². The molecule has 2 heterocycles. The maximum atomic E-state index is 10.9. The lowest BCUT2D eigenvalue weighted by atomic mass is 9.96. The summed E-state index contributed by atoms with van der Waals surface area (Å²) in [5.41, 5.74) is 2.42. The Labute approximate surface area is 106 Å². The summed E-state index contributed by atoms with van der Waals surface area (Å²) in [6.07, 6.45) is 6.24. The first kappa shape index (κ1) is 11.4. The number of fused-ring (bicyclic) bond motifs is 2. The minimum Gasteiger partial charge on any atom is -0.465 e. The van der Waals surface area contributed by atoms with Crippen LogP contribution < -0.4 is 16.0 Å². The lowest BCUT2D eigenvalue weighted by molar-refractivity contribution is -0.118. The van der Waals surface area contributed by atoms with Gasteiger partial charge < -0.3 is 14.6 Å². The molecule has 1 unspecified atom stereocenters. The molecule has 4 heteroatoms. The highest BCUT2D eigenvalue weighted by Gasteiger charge is 2.29. The fourth-order valence-corrected chi connectivity index (χ4v) is 2.99. The summed E-state index contributed by atoms with van der Waals surface area (Å²) in [6.45, 7) is 4.24. The second kappa shape index (κ2) is 4.52. The summed E-state index contributed by atoms with van der Waals surface area (Å²) in [7, 11) is 0. The lowest BCUT2D eigenvalue weighted by Crippen LogP contribution is -2.37. The van der Waals surface area contributed by atoms with E-state index in [4.69, 9.17) is 4.42 Å². The first-order valence-corrected chi connectivity index (χ1v) is 6.53. The molecule has 1 aliphatic carbocycles. The molecular weight excluding hydrogens is 228 g/mol. The van der Waals surface area contributed by atoms with Crippen LogP contribution in [0.1, 0.15) is 19.8 Å². The van der Waals surface area contributed by atoms with Crippen LogP contribution in [0, 0.1) is 5.92 Å². The predicted molar refractivity (Wildman–Crippen MR) is 68.8 cm³/mol. The molecule has 1 N–H and O–H groups in total. The standard InChI is InChI=1S/C14H18N2O2/c1-10(17)15-6-8-16-7-4-11-2-3-13-12(14(11)16)5-9-18-13/h3,5,9,11H,2,4,6-8H2,1H3,(H,15,17). The van der Waals surface area contributed by atoms with Crippen LogP contribution in [0.3, 0.4) is 0 Å². The van der Waals surface area contributed by atoms with Crippen molar-refractivity contribution in [3.8, 4) is 0 Å². The SMILES string of the molecule is CC(=O)NCCN1CCC2CC=c3occc3=C21. The third-order valence-electron chi connectivity index (χ3n) is 3.79. The summed E-state index contributed by atoms with van der Waals surface area (Å²) >= 11 is 0. The number of hydrogen-bond acceptors (Lipinski definition) is 3. The van der Waals surface area contributed by atoms with Gasteiger partial charge in [0.05, 0.1) is 6.26 Å². The number of rotatable bonds is 3. The molecule has 0 spiro atoms. The number of likely N-dealkylation sites (tertiary alicyclic amines) is 1. The zero-order valence-electron chi connectivity index (χ0n) is 10.6. The Kier molecular flexibility index (Phi) is 2.86. The zero-order valence-corrected chi connectivity index (χ0v) is 10.6. The maximum absolute atomic E-state index is 10.9. The van der Waals surface area contributed by atoms with E-state index in [1.807, 2.05) is 0 Å². The molecular formula is C14H18N2O2. The quantitative estimate of drug-likeness (QED) is 0.818. The highest BCUT2D eigenvalue weighted by molar-refractivity contribution is 5.72. The van der Waals surface area contributed by atoms with Crippen molar-refractivity contribution in [1.29, 1.82) is 0 Å². The Morgan fingerprint density at radius 3 is 3.33 bits per heavy atom. The van der Waals surface area contributed by atoms with Crippen molar-refractivity contribution in [1.82, 2.24) is 10.2 Å². The Morgan fingerprint density at radius 2 is 2.50 bits per heavy atom. The second-order valence-electron chi connectivity index (χ2n) is 4.98. The van der Waals surface area contributed by atoms with Crippen molar-refractivity contribution in [2.24, 2.45) is 5.92 Å². The maximum Gasteiger partial charge on any atom is 0.216 e. The molecule has 3 rings (SSSR count). The highest BCUT2D eigenvalue weighted by Crippen LogP contribution is 2.31. The van der Waals surface area contributed by atoms with E-state index >= 15 is 0 Å². The fourth-order valence-electron chi connectivity index (χ4n) is 2.99. The largest absolute Gasteiger partial charge is 0.465 e. The van der Waals surface area contributed by atoms with Crippen LogP contribution in [-0.4, -0.2) is 30.4 Å². The van der Waals surface area contributed by atoms with Crippen LogP contribution >= 0.6 is 0 Å². The molecule has 1 atom stereocenters. The van der Waals surface area contributed by atoms with Gasteiger partial charge in [0.1, 0.15) is 5.42 Å². The van der Waals surface area contributed by atoms with Gasteiger partial charge in [-0.15, -0.1) is 0 Å². The van der Waals surface area contributed by atoms with E-state index in [2.05, 4.69) is 22.4 Å². The van der Waals surface area contributed by atoms with E-state index in [9.17, 15) is 4.79 Å². The number of carbonyl (C=O) groups excluding carboxylic acids is 1. The molecule has 4 nitrogen and oxygen atoms in total. The Hall–Kier alpha value is -1.71. The second-order valence-corrected chi connectivity index (χ2v) is 4.98. The number of amides is 1. The number of carbonyl (C=O) groups is 1. The molecule has 0 aromatic carbocycles. The van der Waals surface area contributed by atoms with Gasteiger partial charge in [-0.3, -0.25) is 4.79 Å². The number of hydrogen-bond donors (Lipinski definition) is 1. The molecule has 1 saturated heterocycles. The molecule has 0 saturated carbocycles. The summed E-state index contributed by atoms with van der Waals surface area (Å²) in [5.74, 6) is 0.671. The highest BCUT2D eigenvalue weighted by atomic mass is 16.3. The van der Waals surface area contributed by atoms with Crippen molar-refractivity contribution < 1.29 is 9.21 Å². The van der Waals surface area contributed by atoms with Gasteiger partial charge in [0.15, 0.2) is 0 Å². The van der Waals surface area contributed by atoms with Crippen molar-refractivity contribution >= 4 is 17.7 Å². The fraction of sp³-hybridized carbons (Fsp3) is 0.500. The monoisotopic (exact) mass is 246 g/mol. The van der Waals surface area contributed by atoms with E-state index in [1.54, 1.807) is 13.2 Å². The van der Waals surface area contributed by atoms with Crippen molar-refractivity contribution in [3.63, 3.8) is 0 Å². The first-order valence-electron chi connectivity index (χ1n) is 6.53. The van der Waals surface area contributed by atoms with Gasteiger partial charge in [0, 0.05) is 43.4 Å². The molecule has 1 amide bonds. The number of furan rings is 1. The molecule has 1 aliphatic heterocycles. The van der Waals surface area contributed by atoms with Crippen LogP contribution in [-0.2, 0) is 4.79 Å². The van der Waals surface area contributed by atoms with Crippen LogP contribution in [0.5, 0.6) is 0 Å². The van der Waals surface area contributed by atoms with Crippen LogP contribution in [0.15, 0.2) is 16.7 Å². The zero-order chi connectivity index (χ0) is 12.5. The molecule has 96 valence electrons. The summed E-state index contributed by atoms with van der Waals surface area (Å²) in [4.78, 5) is 13.3. The normalized spacial score (nSPS) is 21.3. The van der Waals surface area contributed by atoms with E-state index in [1.165, 1.54) is 17.3 Å². The van der Waals surface area contributed by atoms with E-state index in [-0.39, 0.29) is 5.91 Å². The minimum atomic E-state index is 0.0386. The van der Waals surface area contributed by atoms with Crippen molar-refractivity contribution in [3.05, 3.63) is 23.0 Å². The van der Waals surface area contributed by atoms with Gasteiger partial charge >= 0.3 is 0 Å². The van der Waals surface area contributed by atoms with Crippen molar-refractivity contribution in [2.75, 3.05) is 19.6 Å². The molecule has 1 fully saturated rings. The van der Waals surface area contributed by atoms with Gasteiger partial charge in [0.25, 0.3) is 0 Å². The van der Waals surface area contributed by atoms with E-state index in [0.717, 1.165) is 24.9 Å². The van der Waals surface area contributed by atoms with Crippen molar-refractivity contribution in [2.45, 2.75) is 19.8 Å². The van der Waals surface area contributed by atoms with Gasteiger partial charge in [0.2, 0.25) is 5.91 Å². The lowest BCUT2D eigenvalue weighted by Gasteiger charge is -2.23. The smallest absolute Gasteiger partial charge is 0.216 e. The molecule has 1 aromatic rings. The van der Waals surface area contributed by atoms with Crippen LogP contribution in [0.2, 0.25) is 0 Å². The predicted octanol–water partition coefficient (Wildman–Crippen LogP) is 0.0300. The summed E-state index contributed by atoms with van der Waals surface area (Å²) in [6, 6.07) is 2.06. The van der Waals surface area contributed by atoms with Gasteiger partial charge in [-0.2, -0.15) is 0 Å². The minimum absolute atomic E-state index is 0.0386. The van der Waals surface area contributed by atoms with E-state index < -0.39 is 0 Å². The summed E-state index contributed by atoms with van der Waals surface area (Å²) in [5, 5.41) is 4.10. The molecule has 1 aromatic heterocycles. The summed E-state index contributed by atoms with van der Waals surface area (Å²) < 4.78 is 5.48. The first-order chi connectivity index (χ1) is 8.75. The van der Waals surface area contributed by atoms with Gasteiger partial charge in [-0.25, -0.2) is 0 Å². The molecule has 0 radical (unpaired) electrons. The van der Waals surface area contributed by atoms with Gasteiger partial charge in [-0.05, 0) is 25.0 Å². The molecule has 0 bridgehead atoms. The van der Waals surface area contributed by atoms with Crippen LogP contribution in [0.25, 0.3) is 11.8 Å². The van der Waals surface area contributed by atoms with Gasteiger partial charge in [-0.1, -0.05) is 0 Å². The van der Waals surface area contributed by atoms with E-state index in [0.29, 0.717) is 12.5 Å². The third kappa shape index (κ3) is 1.92. The Morgan fingerprint density at radius 1 is 1.61 bits per heavy atom. The molecule has 2 aliphatic rings. The Bertz CT molecular complexity index is 573.